The summed E-state index contributed by atoms with van der Waals surface area (Å²) >= 11 is 0. The zero-order chi connectivity index (χ0) is 11.7. The number of nitrogens with zero attached hydrogens (tertiary/aromatic N) is 5. The van der Waals surface area contributed by atoms with Crippen molar-refractivity contribution in [3.05, 3.63) is 17.1 Å². The van der Waals surface area contributed by atoms with Gasteiger partial charge in [-0.3, -0.25) is 0 Å². The highest BCUT2D eigenvalue weighted by molar-refractivity contribution is 5.35. The molecule has 0 amide bonds. The smallest absolute Gasteiger partial charge is 0.169 e. The molecule has 0 atom stereocenters. The van der Waals surface area contributed by atoms with Gasteiger partial charge in [-0.15, -0.1) is 5.10 Å². The van der Waals surface area contributed by atoms with Crippen molar-refractivity contribution >= 4 is 5.82 Å². The van der Waals surface area contributed by atoms with Crippen LogP contribution in [0.5, 0.6) is 0 Å². The Labute approximate surface area is 92.6 Å². The SMILES string of the molecule is Cc1nonc1Cn1nnc(N)c1C(C)C. The zero-order valence-electron chi connectivity index (χ0n) is 9.51. The third kappa shape index (κ3) is 1.75. The van der Waals surface area contributed by atoms with Gasteiger partial charge in [0.1, 0.15) is 11.4 Å². The van der Waals surface area contributed by atoms with Crippen molar-refractivity contribution in [1.82, 2.24) is 25.3 Å². The lowest BCUT2D eigenvalue weighted by Crippen LogP contribution is -2.09. The number of nitrogen functional groups attached to an aromatic ring is 1. The molecule has 0 spiro atoms. The van der Waals surface area contributed by atoms with E-state index >= 15 is 0 Å². The van der Waals surface area contributed by atoms with E-state index in [1.54, 1.807) is 4.68 Å². The summed E-state index contributed by atoms with van der Waals surface area (Å²) in [5, 5.41) is 15.4. The molecule has 2 heterocycles. The van der Waals surface area contributed by atoms with E-state index in [9.17, 15) is 0 Å². The fraction of sp³-hybridized carbons (Fsp3) is 0.556. The number of hydrogen-bond donors (Lipinski definition) is 1. The van der Waals surface area contributed by atoms with Gasteiger partial charge in [0.25, 0.3) is 0 Å². The highest BCUT2D eigenvalue weighted by Crippen LogP contribution is 2.19. The Morgan fingerprint density at radius 3 is 2.69 bits per heavy atom. The van der Waals surface area contributed by atoms with Crippen LogP contribution in [-0.4, -0.2) is 25.3 Å². The van der Waals surface area contributed by atoms with Crippen molar-refractivity contribution in [3.63, 3.8) is 0 Å². The van der Waals surface area contributed by atoms with Crippen LogP contribution >= 0.6 is 0 Å². The van der Waals surface area contributed by atoms with Crippen molar-refractivity contribution in [2.24, 2.45) is 0 Å². The fourth-order valence-electron chi connectivity index (χ4n) is 1.58. The van der Waals surface area contributed by atoms with Crippen LogP contribution in [0.25, 0.3) is 0 Å². The van der Waals surface area contributed by atoms with Gasteiger partial charge in [0.05, 0.1) is 12.2 Å². The third-order valence-electron chi connectivity index (χ3n) is 2.39. The van der Waals surface area contributed by atoms with Crippen molar-refractivity contribution < 1.29 is 4.63 Å². The lowest BCUT2D eigenvalue weighted by atomic mass is 10.1. The molecule has 0 saturated heterocycles. The number of rotatable bonds is 3. The van der Waals surface area contributed by atoms with Gasteiger partial charge in [-0.1, -0.05) is 29.4 Å². The molecule has 7 nitrogen and oxygen atoms in total. The van der Waals surface area contributed by atoms with Crippen LogP contribution in [0.2, 0.25) is 0 Å². The Morgan fingerprint density at radius 2 is 2.12 bits per heavy atom. The average Bonchev–Trinajstić information content (AvgIpc) is 2.75. The minimum Gasteiger partial charge on any atom is -0.381 e. The summed E-state index contributed by atoms with van der Waals surface area (Å²) in [6.07, 6.45) is 0. The van der Waals surface area contributed by atoms with E-state index in [1.165, 1.54) is 0 Å². The Morgan fingerprint density at radius 1 is 1.38 bits per heavy atom. The first-order valence-corrected chi connectivity index (χ1v) is 5.06. The maximum Gasteiger partial charge on any atom is 0.169 e. The maximum atomic E-state index is 5.76. The first-order valence-electron chi connectivity index (χ1n) is 5.06. The highest BCUT2D eigenvalue weighted by Gasteiger charge is 2.16. The van der Waals surface area contributed by atoms with E-state index in [0.717, 1.165) is 17.1 Å². The average molecular weight is 222 g/mol. The van der Waals surface area contributed by atoms with Gasteiger partial charge in [-0.05, 0) is 12.8 Å². The van der Waals surface area contributed by atoms with E-state index in [1.807, 2.05) is 20.8 Å². The molecule has 0 aliphatic rings. The third-order valence-corrected chi connectivity index (χ3v) is 2.39. The molecular weight excluding hydrogens is 208 g/mol. The summed E-state index contributed by atoms with van der Waals surface area (Å²) in [5.74, 6) is 0.722. The van der Waals surface area contributed by atoms with Crippen LogP contribution in [0.4, 0.5) is 5.82 Å². The number of anilines is 1. The van der Waals surface area contributed by atoms with Gasteiger partial charge in [0, 0.05) is 0 Å². The summed E-state index contributed by atoms with van der Waals surface area (Å²) < 4.78 is 6.36. The van der Waals surface area contributed by atoms with Crippen LogP contribution in [0, 0.1) is 6.92 Å². The van der Waals surface area contributed by atoms with Gasteiger partial charge in [-0.2, -0.15) is 0 Å². The molecule has 2 rings (SSSR count). The monoisotopic (exact) mass is 222 g/mol. The van der Waals surface area contributed by atoms with Crippen molar-refractivity contribution in [1.29, 1.82) is 0 Å². The van der Waals surface area contributed by atoms with E-state index in [2.05, 4.69) is 25.3 Å². The Bertz CT molecular complexity index is 486. The largest absolute Gasteiger partial charge is 0.381 e. The lowest BCUT2D eigenvalue weighted by Gasteiger charge is -2.07. The molecule has 0 aliphatic carbocycles. The zero-order valence-corrected chi connectivity index (χ0v) is 9.51. The van der Waals surface area contributed by atoms with Gasteiger partial charge >= 0.3 is 0 Å². The summed E-state index contributed by atoms with van der Waals surface area (Å²) in [7, 11) is 0. The van der Waals surface area contributed by atoms with Crippen molar-refractivity contribution in [2.45, 2.75) is 33.2 Å². The second-order valence-corrected chi connectivity index (χ2v) is 3.97. The normalized spacial score (nSPS) is 11.2. The van der Waals surface area contributed by atoms with Crippen molar-refractivity contribution in [2.75, 3.05) is 5.73 Å². The molecular formula is C9H14N6O. The van der Waals surface area contributed by atoms with Gasteiger partial charge < -0.3 is 5.73 Å². The van der Waals surface area contributed by atoms with Crippen LogP contribution in [0.15, 0.2) is 4.63 Å². The minimum atomic E-state index is 0.259. The van der Waals surface area contributed by atoms with Crippen LogP contribution in [0.1, 0.15) is 36.8 Å². The topological polar surface area (TPSA) is 95.6 Å². The molecule has 86 valence electrons. The second-order valence-electron chi connectivity index (χ2n) is 3.97. The molecule has 0 bridgehead atoms. The Balaban J connectivity index is 2.32. The summed E-state index contributed by atoms with van der Waals surface area (Å²) in [6.45, 7) is 6.40. The summed E-state index contributed by atoms with van der Waals surface area (Å²) in [6, 6.07) is 0. The highest BCUT2D eigenvalue weighted by atomic mass is 16.6. The lowest BCUT2D eigenvalue weighted by molar-refractivity contribution is 0.300. The molecule has 0 aliphatic heterocycles. The first kappa shape index (κ1) is 10.6. The summed E-state index contributed by atoms with van der Waals surface area (Å²) in [4.78, 5) is 0. The number of aromatic nitrogens is 5. The van der Waals surface area contributed by atoms with E-state index in [0.29, 0.717) is 12.4 Å². The molecule has 0 fully saturated rings. The van der Waals surface area contributed by atoms with Gasteiger partial charge in [0.2, 0.25) is 0 Å². The Hall–Kier alpha value is -1.92. The first-order chi connectivity index (χ1) is 7.59. The molecule has 2 N–H and O–H groups in total. The van der Waals surface area contributed by atoms with E-state index < -0.39 is 0 Å². The van der Waals surface area contributed by atoms with Crippen molar-refractivity contribution in [3.8, 4) is 0 Å². The number of nitrogens with two attached hydrogens (primary N) is 1. The predicted octanol–water partition coefficient (Wildman–Crippen LogP) is 0.723. The predicted molar refractivity (Wildman–Crippen MR) is 56.7 cm³/mol. The quantitative estimate of drug-likeness (QED) is 0.822. The minimum absolute atomic E-state index is 0.259. The summed E-state index contributed by atoms with van der Waals surface area (Å²) in [5.41, 5.74) is 8.16. The molecule has 16 heavy (non-hydrogen) atoms. The molecule has 0 aromatic carbocycles. The molecule has 0 unspecified atom stereocenters. The fourth-order valence-corrected chi connectivity index (χ4v) is 1.58. The molecule has 2 aromatic rings. The van der Waals surface area contributed by atoms with Crippen LogP contribution in [0.3, 0.4) is 0 Å². The van der Waals surface area contributed by atoms with E-state index in [4.69, 9.17) is 5.73 Å². The number of aryl methyl sites for hydroxylation is 1. The standard InChI is InChI=1S/C9H14N6O/c1-5(2)8-9(10)11-14-15(8)4-7-6(3)12-16-13-7/h5H,4,10H2,1-3H3. The van der Waals surface area contributed by atoms with Gasteiger partial charge in [-0.25, -0.2) is 9.31 Å². The van der Waals surface area contributed by atoms with Crippen LogP contribution in [-0.2, 0) is 6.54 Å². The number of hydrogen-bond acceptors (Lipinski definition) is 6. The van der Waals surface area contributed by atoms with Gasteiger partial charge in [0.15, 0.2) is 5.82 Å². The maximum absolute atomic E-state index is 5.76. The second kappa shape index (κ2) is 3.92. The molecule has 0 saturated carbocycles. The molecule has 2 aromatic heterocycles. The van der Waals surface area contributed by atoms with Crippen LogP contribution < -0.4 is 5.73 Å². The van der Waals surface area contributed by atoms with E-state index in [-0.39, 0.29) is 5.92 Å². The Kier molecular flexibility index (Phi) is 2.59. The molecule has 7 heteroatoms. The molecule has 0 radical (unpaired) electrons.